The molecule has 0 spiro atoms. The SMILES string of the molecule is CC1=[N+](c2cccc(C(=O)O)c2)NC(=O)CC1. The number of carboxylic acids is 1. The Morgan fingerprint density at radius 1 is 1.41 bits per heavy atom. The Hall–Kier alpha value is -2.17. The predicted molar refractivity (Wildman–Crippen MR) is 61.4 cm³/mol. The highest BCUT2D eigenvalue weighted by Gasteiger charge is 2.24. The average molecular weight is 233 g/mol. The lowest BCUT2D eigenvalue weighted by Crippen LogP contribution is -2.39. The Morgan fingerprint density at radius 3 is 2.88 bits per heavy atom. The molecule has 0 atom stereocenters. The van der Waals surface area contributed by atoms with Gasteiger partial charge in [0.25, 0.3) is 5.91 Å². The molecule has 5 heteroatoms. The van der Waals surface area contributed by atoms with Crippen molar-refractivity contribution in [1.29, 1.82) is 0 Å². The molecular formula is C12H13N2O3+. The zero-order valence-corrected chi connectivity index (χ0v) is 9.43. The van der Waals surface area contributed by atoms with Crippen LogP contribution < -0.4 is 5.43 Å². The summed E-state index contributed by atoms with van der Waals surface area (Å²) in [5.41, 5.74) is 4.57. The first-order chi connectivity index (χ1) is 8.08. The molecule has 88 valence electrons. The van der Waals surface area contributed by atoms with Crippen LogP contribution in [0.15, 0.2) is 24.3 Å². The summed E-state index contributed by atoms with van der Waals surface area (Å²) in [5, 5.41) is 8.91. The van der Waals surface area contributed by atoms with Crippen molar-refractivity contribution in [2.45, 2.75) is 19.8 Å². The van der Waals surface area contributed by atoms with E-state index in [1.807, 2.05) is 6.92 Å². The number of aromatic carboxylic acids is 1. The Balaban J connectivity index is 2.43. The standard InChI is InChI=1S/C12H12N2O3/c1-8-5-6-11(15)13-14(8)10-4-2-3-9(7-10)12(16)17/h2-4,7H,5-6H2,1H3,(H-,13,15,16,17)/p+1. The first-order valence-electron chi connectivity index (χ1n) is 5.33. The first kappa shape index (κ1) is 11.3. The Bertz CT molecular complexity index is 520. The number of hydrazine groups is 1. The highest BCUT2D eigenvalue weighted by molar-refractivity contribution is 5.89. The van der Waals surface area contributed by atoms with Gasteiger partial charge in [0, 0.05) is 31.9 Å². The number of hydrazone groups is 1. The van der Waals surface area contributed by atoms with Crippen LogP contribution >= 0.6 is 0 Å². The van der Waals surface area contributed by atoms with Crippen LogP contribution in [0.1, 0.15) is 30.1 Å². The van der Waals surface area contributed by atoms with Gasteiger partial charge in [0.1, 0.15) is 0 Å². The highest BCUT2D eigenvalue weighted by atomic mass is 16.4. The summed E-state index contributed by atoms with van der Waals surface area (Å²) in [4.78, 5) is 22.2. The largest absolute Gasteiger partial charge is 0.478 e. The summed E-state index contributed by atoms with van der Waals surface area (Å²) in [7, 11) is 0. The van der Waals surface area contributed by atoms with Gasteiger partial charge >= 0.3 is 5.97 Å². The maximum absolute atomic E-state index is 11.3. The quantitative estimate of drug-likeness (QED) is 0.757. The Kier molecular flexibility index (Phi) is 2.91. The molecule has 0 radical (unpaired) electrons. The van der Waals surface area contributed by atoms with Crippen molar-refractivity contribution in [3.05, 3.63) is 29.8 Å². The third-order valence-corrected chi connectivity index (χ3v) is 2.68. The van der Waals surface area contributed by atoms with Gasteiger partial charge in [0.2, 0.25) is 5.69 Å². The lowest BCUT2D eigenvalue weighted by Gasteiger charge is -2.11. The van der Waals surface area contributed by atoms with Crippen LogP contribution in [0, 0.1) is 0 Å². The van der Waals surface area contributed by atoms with E-state index in [4.69, 9.17) is 5.11 Å². The number of amides is 1. The van der Waals surface area contributed by atoms with Crippen molar-refractivity contribution in [2.24, 2.45) is 0 Å². The van der Waals surface area contributed by atoms with E-state index >= 15 is 0 Å². The minimum absolute atomic E-state index is 0.0590. The van der Waals surface area contributed by atoms with Gasteiger partial charge < -0.3 is 5.11 Å². The molecule has 0 saturated heterocycles. The molecule has 0 bridgehead atoms. The number of hydrogen-bond acceptors (Lipinski definition) is 2. The normalized spacial score (nSPS) is 15.7. The zero-order valence-electron chi connectivity index (χ0n) is 9.43. The number of benzene rings is 1. The van der Waals surface area contributed by atoms with E-state index in [9.17, 15) is 9.59 Å². The molecule has 0 aromatic heterocycles. The number of rotatable bonds is 2. The molecule has 17 heavy (non-hydrogen) atoms. The molecule has 2 N–H and O–H groups in total. The molecule has 0 unspecified atom stereocenters. The number of nitrogens with one attached hydrogen (secondary N) is 1. The molecule has 0 saturated carbocycles. The smallest absolute Gasteiger partial charge is 0.335 e. The maximum atomic E-state index is 11.3. The number of carboxylic acid groups (broad SMARTS) is 1. The average Bonchev–Trinajstić information content (AvgIpc) is 2.32. The van der Waals surface area contributed by atoms with E-state index in [1.54, 1.807) is 16.8 Å². The van der Waals surface area contributed by atoms with Crippen LogP contribution in [0.25, 0.3) is 0 Å². The van der Waals surface area contributed by atoms with Gasteiger partial charge in [-0.3, -0.25) is 4.79 Å². The summed E-state index contributed by atoms with van der Waals surface area (Å²) in [6.45, 7) is 1.91. The van der Waals surface area contributed by atoms with Crippen LogP contribution in [0.5, 0.6) is 0 Å². The second-order valence-corrected chi connectivity index (χ2v) is 3.96. The second kappa shape index (κ2) is 4.37. The van der Waals surface area contributed by atoms with Crippen molar-refractivity contribution >= 4 is 23.3 Å². The van der Waals surface area contributed by atoms with Crippen molar-refractivity contribution in [3.8, 4) is 0 Å². The third-order valence-electron chi connectivity index (χ3n) is 2.68. The van der Waals surface area contributed by atoms with Crippen LogP contribution in [-0.2, 0) is 4.79 Å². The molecule has 1 aliphatic rings. The third kappa shape index (κ3) is 2.33. The minimum Gasteiger partial charge on any atom is -0.478 e. The molecule has 1 amide bonds. The van der Waals surface area contributed by atoms with Crippen LogP contribution in [0.2, 0.25) is 0 Å². The van der Waals surface area contributed by atoms with E-state index in [1.165, 1.54) is 12.1 Å². The summed E-state index contributed by atoms with van der Waals surface area (Å²) < 4.78 is 1.64. The van der Waals surface area contributed by atoms with Gasteiger partial charge in [-0.05, 0) is 6.07 Å². The second-order valence-electron chi connectivity index (χ2n) is 3.96. The molecular weight excluding hydrogens is 220 g/mol. The fourth-order valence-electron chi connectivity index (χ4n) is 1.75. The van der Waals surface area contributed by atoms with Crippen molar-refractivity contribution < 1.29 is 19.4 Å². The number of carbonyl (C=O) groups excluding carboxylic acids is 1. The molecule has 1 aliphatic heterocycles. The first-order valence-corrected chi connectivity index (χ1v) is 5.33. The molecule has 5 nitrogen and oxygen atoms in total. The molecule has 1 aromatic rings. The van der Waals surface area contributed by atoms with Crippen molar-refractivity contribution in [3.63, 3.8) is 0 Å². The minimum atomic E-state index is -0.979. The van der Waals surface area contributed by atoms with E-state index in [0.29, 0.717) is 18.5 Å². The van der Waals surface area contributed by atoms with Gasteiger partial charge in [-0.2, -0.15) is 0 Å². The van der Waals surface area contributed by atoms with E-state index in [-0.39, 0.29) is 11.5 Å². The van der Waals surface area contributed by atoms with Gasteiger partial charge in [-0.15, -0.1) is 5.43 Å². The van der Waals surface area contributed by atoms with E-state index in [0.717, 1.165) is 5.71 Å². The van der Waals surface area contributed by atoms with Crippen molar-refractivity contribution in [1.82, 2.24) is 5.43 Å². The van der Waals surface area contributed by atoms with Gasteiger partial charge in [-0.1, -0.05) is 10.8 Å². The molecule has 1 aromatic carbocycles. The van der Waals surface area contributed by atoms with Crippen molar-refractivity contribution in [2.75, 3.05) is 0 Å². The highest BCUT2D eigenvalue weighted by Crippen LogP contribution is 2.16. The Morgan fingerprint density at radius 2 is 2.18 bits per heavy atom. The summed E-state index contributed by atoms with van der Waals surface area (Å²) in [6.07, 6.45) is 1.16. The van der Waals surface area contributed by atoms with Gasteiger partial charge in [0.05, 0.1) is 5.56 Å². The molecule has 1 heterocycles. The monoisotopic (exact) mass is 233 g/mol. The fourth-order valence-corrected chi connectivity index (χ4v) is 1.75. The lowest BCUT2D eigenvalue weighted by atomic mass is 10.1. The number of nitrogens with zero attached hydrogens (tertiary/aromatic N) is 1. The molecule has 2 rings (SSSR count). The summed E-state index contributed by atoms with van der Waals surface area (Å²) in [5.74, 6) is -1.04. The maximum Gasteiger partial charge on any atom is 0.335 e. The van der Waals surface area contributed by atoms with E-state index < -0.39 is 5.97 Å². The topological polar surface area (TPSA) is 69.4 Å². The lowest BCUT2D eigenvalue weighted by molar-refractivity contribution is -0.497. The number of hydrogen-bond donors (Lipinski definition) is 2. The van der Waals surface area contributed by atoms with E-state index in [2.05, 4.69) is 5.43 Å². The molecule has 0 fully saturated rings. The summed E-state index contributed by atoms with van der Waals surface area (Å²) in [6, 6.07) is 6.48. The van der Waals surface area contributed by atoms with Gasteiger partial charge in [0.15, 0.2) is 5.71 Å². The van der Waals surface area contributed by atoms with Crippen LogP contribution in [-0.4, -0.2) is 27.4 Å². The zero-order chi connectivity index (χ0) is 12.4. The fraction of sp³-hybridized carbons (Fsp3) is 0.250. The summed E-state index contributed by atoms with van der Waals surface area (Å²) >= 11 is 0. The van der Waals surface area contributed by atoms with Gasteiger partial charge in [-0.25, -0.2) is 4.79 Å². The van der Waals surface area contributed by atoms with Crippen LogP contribution in [0.4, 0.5) is 5.69 Å². The molecule has 0 aliphatic carbocycles. The Labute approximate surface area is 98.4 Å². The predicted octanol–water partition coefficient (Wildman–Crippen LogP) is 1.31. The number of carbonyl (C=O) groups is 2. The van der Waals surface area contributed by atoms with Crippen LogP contribution in [0.3, 0.4) is 0 Å².